The molecule has 0 aliphatic heterocycles. The summed E-state index contributed by atoms with van der Waals surface area (Å²) in [5.74, 6) is -0.146. The lowest BCUT2D eigenvalue weighted by Gasteiger charge is -2.08. The lowest BCUT2D eigenvalue weighted by Crippen LogP contribution is -2.12. The second-order valence-corrected chi connectivity index (χ2v) is 6.85. The number of nitrogens with two attached hydrogens (primary N) is 1. The summed E-state index contributed by atoms with van der Waals surface area (Å²) >= 11 is 0. The van der Waals surface area contributed by atoms with Gasteiger partial charge in [-0.25, -0.2) is 18.2 Å². The molecule has 0 bridgehead atoms. The van der Waals surface area contributed by atoms with Crippen LogP contribution < -0.4 is 5.14 Å². The van der Waals surface area contributed by atoms with Gasteiger partial charge in [0.2, 0.25) is 10.0 Å². The molecule has 24 heavy (non-hydrogen) atoms. The van der Waals surface area contributed by atoms with Crippen LogP contribution >= 0.6 is 0 Å². The first-order valence-corrected chi connectivity index (χ1v) is 8.70. The summed E-state index contributed by atoms with van der Waals surface area (Å²) < 4.78 is 24.4. The van der Waals surface area contributed by atoms with E-state index in [1.165, 1.54) is 19.1 Å². The lowest BCUT2D eigenvalue weighted by molar-refractivity contribution is 0.101. The van der Waals surface area contributed by atoms with Crippen molar-refractivity contribution < 1.29 is 13.2 Å². The van der Waals surface area contributed by atoms with E-state index in [9.17, 15) is 13.2 Å². The van der Waals surface area contributed by atoms with E-state index < -0.39 is 10.0 Å². The summed E-state index contributed by atoms with van der Waals surface area (Å²) in [5.41, 5.74) is 2.61. The number of aromatic nitrogens is 2. The second-order valence-electron chi connectivity index (χ2n) is 5.29. The van der Waals surface area contributed by atoms with Crippen LogP contribution in [0.3, 0.4) is 0 Å². The van der Waals surface area contributed by atoms with Gasteiger partial charge in [-0.1, -0.05) is 30.3 Å². The molecule has 0 atom stereocenters. The predicted molar refractivity (Wildman–Crippen MR) is 90.4 cm³/mol. The topological polar surface area (TPSA) is 95.0 Å². The van der Waals surface area contributed by atoms with Gasteiger partial charge in [-0.05, 0) is 30.3 Å². The van der Waals surface area contributed by atoms with E-state index in [1.54, 1.807) is 22.9 Å². The molecule has 1 aromatic heterocycles. The van der Waals surface area contributed by atoms with Gasteiger partial charge in [0.05, 0.1) is 16.3 Å². The van der Waals surface area contributed by atoms with Crippen LogP contribution in [0.15, 0.2) is 65.6 Å². The van der Waals surface area contributed by atoms with Gasteiger partial charge in [0, 0.05) is 12.5 Å². The highest BCUT2D eigenvalue weighted by Crippen LogP contribution is 2.24. The van der Waals surface area contributed by atoms with Crippen molar-refractivity contribution in [2.24, 2.45) is 5.14 Å². The summed E-state index contributed by atoms with van der Waals surface area (Å²) in [6.07, 6.45) is 0. The van der Waals surface area contributed by atoms with Crippen LogP contribution in [-0.4, -0.2) is 24.0 Å². The normalized spacial score (nSPS) is 11.4. The van der Waals surface area contributed by atoms with Crippen LogP contribution in [0.2, 0.25) is 0 Å². The van der Waals surface area contributed by atoms with Gasteiger partial charge >= 0.3 is 0 Å². The summed E-state index contributed by atoms with van der Waals surface area (Å²) in [5, 5.41) is 9.45. The Kier molecular flexibility index (Phi) is 4.04. The number of carbonyl (C=O) groups is 1. The van der Waals surface area contributed by atoms with Gasteiger partial charge in [0.1, 0.15) is 5.69 Å². The van der Waals surface area contributed by atoms with Crippen LogP contribution in [-0.2, 0) is 10.0 Å². The SMILES string of the molecule is CC(=O)c1cc(-c2ccccc2)n(-c2ccc(S(N)(=O)=O)cc2)n1. The average Bonchev–Trinajstić information content (AvgIpc) is 3.00. The van der Waals surface area contributed by atoms with E-state index in [2.05, 4.69) is 5.10 Å². The maximum absolute atomic E-state index is 11.7. The van der Waals surface area contributed by atoms with Crippen molar-refractivity contribution in [1.29, 1.82) is 0 Å². The molecule has 3 rings (SSSR count). The maximum Gasteiger partial charge on any atom is 0.238 e. The minimum Gasteiger partial charge on any atom is -0.293 e. The lowest BCUT2D eigenvalue weighted by atomic mass is 10.1. The summed E-state index contributed by atoms with van der Waals surface area (Å²) in [6, 6.07) is 17.2. The van der Waals surface area contributed by atoms with E-state index in [0.717, 1.165) is 11.3 Å². The predicted octanol–water partition coefficient (Wildman–Crippen LogP) is 2.39. The van der Waals surface area contributed by atoms with Crippen LogP contribution in [0.1, 0.15) is 17.4 Å². The number of sulfonamides is 1. The van der Waals surface area contributed by atoms with Crippen LogP contribution in [0.5, 0.6) is 0 Å². The third-order valence-electron chi connectivity index (χ3n) is 3.55. The van der Waals surface area contributed by atoms with Gasteiger partial charge in [0.25, 0.3) is 0 Å². The number of Topliss-reactive ketones (excluding diaryl/α,β-unsaturated/α-hetero) is 1. The number of primary sulfonamides is 1. The number of ketones is 1. The summed E-state index contributed by atoms with van der Waals surface area (Å²) in [6.45, 7) is 1.45. The Balaban J connectivity index is 2.15. The van der Waals surface area contributed by atoms with Crippen molar-refractivity contribution in [2.75, 3.05) is 0 Å². The molecular weight excluding hydrogens is 326 g/mol. The van der Waals surface area contributed by atoms with Crippen molar-refractivity contribution >= 4 is 15.8 Å². The Labute approximate surface area is 139 Å². The standard InChI is InChI=1S/C17H15N3O3S/c1-12(21)16-11-17(13-5-3-2-4-6-13)20(19-16)14-7-9-15(10-8-14)24(18,22)23/h2-11H,1H3,(H2,18,22,23). The third kappa shape index (κ3) is 3.12. The first-order chi connectivity index (χ1) is 11.4. The largest absolute Gasteiger partial charge is 0.293 e. The quantitative estimate of drug-likeness (QED) is 0.737. The molecule has 1 heterocycles. The second kappa shape index (κ2) is 6.03. The molecule has 122 valence electrons. The first kappa shape index (κ1) is 16.1. The van der Waals surface area contributed by atoms with Crippen molar-refractivity contribution in [3.63, 3.8) is 0 Å². The number of hydrogen-bond acceptors (Lipinski definition) is 4. The maximum atomic E-state index is 11.7. The van der Waals surface area contributed by atoms with Crippen molar-refractivity contribution in [3.8, 4) is 16.9 Å². The van der Waals surface area contributed by atoms with Crippen LogP contribution in [0.25, 0.3) is 16.9 Å². The van der Waals surface area contributed by atoms with Crippen LogP contribution in [0.4, 0.5) is 0 Å². The van der Waals surface area contributed by atoms with Crippen molar-refractivity contribution in [2.45, 2.75) is 11.8 Å². The zero-order valence-electron chi connectivity index (χ0n) is 12.9. The molecule has 7 heteroatoms. The number of carbonyl (C=O) groups excluding carboxylic acids is 1. The van der Waals surface area contributed by atoms with Crippen LogP contribution in [0, 0.1) is 0 Å². The molecule has 0 aliphatic carbocycles. The third-order valence-corrected chi connectivity index (χ3v) is 4.48. The molecule has 0 unspecified atom stereocenters. The molecule has 0 saturated carbocycles. The molecule has 2 N–H and O–H groups in total. The molecule has 6 nitrogen and oxygen atoms in total. The fourth-order valence-electron chi connectivity index (χ4n) is 2.34. The molecule has 2 aromatic carbocycles. The van der Waals surface area contributed by atoms with E-state index in [-0.39, 0.29) is 10.7 Å². The Morgan fingerprint density at radius 1 is 1.04 bits per heavy atom. The monoisotopic (exact) mass is 341 g/mol. The highest BCUT2D eigenvalue weighted by Gasteiger charge is 2.15. The molecular formula is C17H15N3O3S. The molecule has 0 amide bonds. The molecule has 0 fully saturated rings. The molecule has 3 aromatic rings. The smallest absolute Gasteiger partial charge is 0.238 e. The first-order valence-electron chi connectivity index (χ1n) is 7.16. The van der Waals surface area contributed by atoms with E-state index in [4.69, 9.17) is 5.14 Å². The fourth-order valence-corrected chi connectivity index (χ4v) is 2.86. The van der Waals surface area contributed by atoms with Gasteiger partial charge < -0.3 is 0 Å². The highest BCUT2D eigenvalue weighted by atomic mass is 32.2. The zero-order valence-corrected chi connectivity index (χ0v) is 13.7. The molecule has 0 spiro atoms. The number of rotatable bonds is 4. The van der Waals surface area contributed by atoms with Gasteiger partial charge in [-0.2, -0.15) is 5.10 Å². The molecule has 0 aliphatic rings. The van der Waals surface area contributed by atoms with Crippen molar-refractivity contribution in [1.82, 2.24) is 9.78 Å². The van der Waals surface area contributed by atoms with E-state index >= 15 is 0 Å². The minimum absolute atomic E-state index is 0.0199. The highest BCUT2D eigenvalue weighted by molar-refractivity contribution is 7.89. The van der Waals surface area contributed by atoms with Gasteiger partial charge in [0.15, 0.2) is 5.78 Å². The van der Waals surface area contributed by atoms with E-state index in [0.29, 0.717) is 11.4 Å². The Bertz CT molecular complexity index is 991. The Morgan fingerprint density at radius 3 is 2.21 bits per heavy atom. The summed E-state index contributed by atoms with van der Waals surface area (Å²) in [7, 11) is -3.76. The molecule has 0 radical (unpaired) electrons. The summed E-state index contributed by atoms with van der Waals surface area (Å²) in [4.78, 5) is 11.7. The zero-order chi connectivity index (χ0) is 17.3. The Morgan fingerprint density at radius 2 is 1.67 bits per heavy atom. The minimum atomic E-state index is -3.76. The van der Waals surface area contributed by atoms with Gasteiger partial charge in [-0.15, -0.1) is 0 Å². The van der Waals surface area contributed by atoms with E-state index in [1.807, 2.05) is 30.3 Å². The van der Waals surface area contributed by atoms with Crippen molar-refractivity contribution in [3.05, 3.63) is 66.4 Å². The number of nitrogens with zero attached hydrogens (tertiary/aromatic N) is 2. The Hall–Kier alpha value is -2.77. The average molecular weight is 341 g/mol. The number of hydrogen-bond donors (Lipinski definition) is 1. The fraction of sp³-hybridized carbons (Fsp3) is 0.0588. The molecule has 0 saturated heterocycles. The van der Waals surface area contributed by atoms with Gasteiger partial charge in [-0.3, -0.25) is 4.79 Å². The number of benzene rings is 2.